The second-order valence-corrected chi connectivity index (χ2v) is 20.8. The van der Waals surface area contributed by atoms with Crippen molar-refractivity contribution in [1.29, 1.82) is 0 Å². The highest BCUT2D eigenvalue weighted by Gasteiger charge is 2.38. The van der Waals surface area contributed by atoms with Gasteiger partial charge in [0.1, 0.15) is 11.5 Å². The Hall–Kier alpha value is -6.32. The third kappa shape index (κ3) is 8.86. The van der Waals surface area contributed by atoms with Gasteiger partial charge in [0.05, 0.1) is 35.6 Å². The maximum atomic E-state index is 14.1. The number of aliphatic hydroxyl groups excluding tert-OH is 1. The molecule has 4 aromatic heterocycles. The fraction of sp³-hybridized carbons (Fsp3) is 0.462. The molecule has 1 aromatic carbocycles. The molecule has 2 amide bonds. The number of nitrogens with one attached hydrogen (secondary N) is 2. The Bertz CT molecular complexity index is 2790. The smallest absolute Gasteiger partial charge is 0.293 e. The number of benzene rings is 1. The lowest BCUT2D eigenvalue weighted by Gasteiger charge is -2.48. The second kappa shape index (κ2) is 17.7. The zero-order valence-corrected chi connectivity index (χ0v) is 40.3. The van der Waals surface area contributed by atoms with E-state index in [1.54, 1.807) is 30.4 Å². The van der Waals surface area contributed by atoms with Gasteiger partial charge in [-0.05, 0) is 99.0 Å². The molecule has 3 aliphatic heterocycles. The molecule has 0 radical (unpaired) electrons. The summed E-state index contributed by atoms with van der Waals surface area (Å²) in [5.74, 6) is -0.0780. The molecule has 2 fully saturated rings. The van der Waals surface area contributed by atoms with Crippen LogP contribution in [0.2, 0.25) is 0 Å². The number of rotatable bonds is 10. The summed E-state index contributed by atoms with van der Waals surface area (Å²) in [6.07, 6.45) is 10.5. The van der Waals surface area contributed by atoms with Crippen molar-refractivity contribution in [3.05, 3.63) is 112 Å². The van der Waals surface area contributed by atoms with Gasteiger partial charge in [-0.1, -0.05) is 41.2 Å². The van der Waals surface area contributed by atoms with Gasteiger partial charge in [-0.15, -0.1) is 0 Å². The van der Waals surface area contributed by atoms with Crippen LogP contribution in [0.5, 0.6) is 0 Å². The van der Waals surface area contributed by atoms with E-state index in [-0.39, 0.29) is 40.1 Å². The number of aryl methyl sites for hydroxylation is 1. The molecule has 3 N–H and O–H groups in total. The van der Waals surface area contributed by atoms with E-state index >= 15 is 0 Å². The number of piperazine rings is 1. The molecular weight excluding hydrogens is 843 g/mol. The zero-order valence-electron chi connectivity index (χ0n) is 40.3. The largest absolute Gasteiger partial charge is 0.392 e. The van der Waals surface area contributed by atoms with Crippen LogP contribution in [0.15, 0.2) is 78.5 Å². The number of piperidine rings is 1. The molecule has 2 saturated heterocycles. The van der Waals surface area contributed by atoms with Crippen LogP contribution in [-0.4, -0.2) is 96.8 Å². The number of aliphatic hydroxyl groups is 1. The van der Waals surface area contributed by atoms with Gasteiger partial charge >= 0.3 is 0 Å². The summed E-state index contributed by atoms with van der Waals surface area (Å²) >= 11 is 0. The SMILES string of the molecule is C=CC(=O)Nc1cc(Nc2nc(-c3ccnc(N4CCn5c(cc6c5CC(C)(C)C6)C4=O)c3CO)cn(C)c2=O)ccc1N1CCN(C2CCN(c3ccc(C(C)(C)C)nc3)[C@@H](C)C2)C[C@@H]1C. The number of anilines is 6. The summed E-state index contributed by atoms with van der Waals surface area (Å²) < 4.78 is 3.59. The Kier molecular flexibility index (Phi) is 12.1. The maximum Gasteiger partial charge on any atom is 0.293 e. The molecular formula is C52H65N11O4. The molecule has 1 unspecified atom stereocenters. The number of carbonyl (C=O) groups excluding carboxylic acids is 2. The van der Waals surface area contributed by atoms with Gasteiger partial charge in [0.25, 0.3) is 11.5 Å². The molecule has 15 heteroatoms. The van der Waals surface area contributed by atoms with Crippen molar-refractivity contribution >= 4 is 46.2 Å². The van der Waals surface area contributed by atoms with Crippen molar-refractivity contribution in [3.8, 4) is 11.3 Å². The summed E-state index contributed by atoms with van der Waals surface area (Å²) in [6, 6.07) is 14.8. The Labute approximate surface area is 393 Å². The molecule has 9 rings (SSSR count). The van der Waals surface area contributed by atoms with Crippen LogP contribution in [0.3, 0.4) is 0 Å². The van der Waals surface area contributed by atoms with Crippen molar-refractivity contribution < 1.29 is 14.7 Å². The van der Waals surface area contributed by atoms with E-state index in [0.29, 0.717) is 64.9 Å². The van der Waals surface area contributed by atoms with E-state index in [1.165, 1.54) is 27.6 Å². The number of hydrogen-bond donors (Lipinski definition) is 3. The van der Waals surface area contributed by atoms with Crippen molar-refractivity contribution in [1.82, 2.24) is 29.0 Å². The van der Waals surface area contributed by atoms with Gasteiger partial charge in [0.15, 0.2) is 5.82 Å². The summed E-state index contributed by atoms with van der Waals surface area (Å²) in [5, 5.41) is 17.1. The van der Waals surface area contributed by atoms with E-state index in [4.69, 9.17) is 9.97 Å². The summed E-state index contributed by atoms with van der Waals surface area (Å²) in [4.78, 5) is 63.9. The number of nitrogens with zero attached hydrogens (tertiary/aromatic N) is 9. The number of fused-ring (bicyclic) bond motifs is 3. The van der Waals surface area contributed by atoms with E-state index < -0.39 is 6.61 Å². The molecule has 352 valence electrons. The number of amides is 2. The quantitative estimate of drug-likeness (QED) is 0.124. The first-order chi connectivity index (χ1) is 31.9. The Morgan fingerprint density at radius 2 is 1.78 bits per heavy atom. The number of aromatic nitrogens is 5. The predicted octanol–water partition coefficient (Wildman–Crippen LogP) is 7.05. The number of pyridine rings is 2. The molecule has 7 heterocycles. The van der Waals surface area contributed by atoms with Crippen LogP contribution < -0.4 is 30.9 Å². The highest BCUT2D eigenvalue weighted by Crippen LogP contribution is 2.41. The first kappa shape index (κ1) is 45.8. The molecule has 15 nitrogen and oxygen atoms in total. The predicted molar refractivity (Wildman–Crippen MR) is 266 cm³/mol. The lowest BCUT2D eigenvalue weighted by atomic mass is 9.90. The van der Waals surface area contributed by atoms with Crippen LogP contribution in [0.25, 0.3) is 11.3 Å². The van der Waals surface area contributed by atoms with Gasteiger partial charge in [-0.3, -0.25) is 29.2 Å². The van der Waals surface area contributed by atoms with Gasteiger partial charge in [0.2, 0.25) is 5.91 Å². The minimum absolute atomic E-state index is 0.0172. The van der Waals surface area contributed by atoms with Crippen LogP contribution >= 0.6 is 0 Å². The summed E-state index contributed by atoms with van der Waals surface area (Å²) in [7, 11) is 1.65. The lowest BCUT2D eigenvalue weighted by molar-refractivity contribution is -0.111. The fourth-order valence-corrected chi connectivity index (χ4v) is 10.9. The molecule has 5 aromatic rings. The normalized spacial score (nSPS) is 20.7. The summed E-state index contributed by atoms with van der Waals surface area (Å²) in [6.45, 7) is 23.5. The van der Waals surface area contributed by atoms with Gasteiger partial charge < -0.3 is 34.7 Å². The van der Waals surface area contributed by atoms with Crippen LogP contribution in [-0.2, 0) is 43.3 Å². The molecule has 1 aliphatic carbocycles. The monoisotopic (exact) mass is 908 g/mol. The third-order valence-electron chi connectivity index (χ3n) is 14.3. The third-order valence-corrected chi connectivity index (χ3v) is 14.3. The minimum Gasteiger partial charge on any atom is -0.392 e. The standard InChI is InChI=1S/C52H65N11O4/c1-10-46(65)56-40-25-35(11-13-42(40)61-20-19-59(29-33(61)3)36-16-18-60(32(2)23-36)37-12-14-45(54-28-37)51(4,5)6)55-47-50(67)58(9)30-41(57-47)38-15-17-53-48(39(38)31-64)63-22-21-62-43(49(63)66)24-34-26-52(7,8)27-44(34)62/h10-15,17,24-25,28,30,32-33,36,64H,1,16,18-23,26-27,29,31H2,2-9H3,(H,55,57)(H,56,65)/t32-,33-,36?/m0/s1. The van der Waals surface area contributed by atoms with Crippen LogP contribution in [0.1, 0.15) is 94.3 Å². The molecule has 0 bridgehead atoms. The molecule has 67 heavy (non-hydrogen) atoms. The summed E-state index contributed by atoms with van der Waals surface area (Å²) in [5.41, 5.74) is 8.62. The average molecular weight is 908 g/mol. The van der Waals surface area contributed by atoms with Gasteiger partial charge in [-0.25, -0.2) is 9.97 Å². The van der Waals surface area contributed by atoms with E-state index in [1.807, 2.05) is 30.5 Å². The number of carbonyl (C=O) groups is 2. The molecule has 0 saturated carbocycles. The van der Waals surface area contributed by atoms with Crippen molar-refractivity contribution in [2.75, 3.05) is 58.1 Å². The van der Waals surface area contributed by atoms with E-state index in [9.17, 15) is 19.5 Å². The molecule has 3 atom stereocenters. The Morgan fingerprint density at radius 3 is 2.48 bits per heavy atom. The highest BCUT2D eigenvalue weighted by atomic mass is 16.3. The van der Waals surface area contributed by atoms with Crippen molar-refractivity contribution in [2.24, 2.45) is 12.5 Å². The van der Waals surface area contributed by atoms with Crippen LogP contribution in [0.4, 0.5) is 34.4 Å². The van der Waals surface area contributed by atoms with Crippen LogP contribution in [0, 0.1) is 5.41 Å². The van der Waals surface area contributed by atoms with Gasteiger partial charge in [0, 0.05) is 110 Å². The lowest BCUT2D eigenvalue weighted by Crippen LogP contribution is -2.58. The van der Waals surface area contributed by atoms with Gasteiger partial charge in [-0.2, -0.15) is 0 Å². The molecule has 4 aliphatic rings. The van der Waals surface area contributed by atoms with E-state index in [0.717, 1.165) is 63.2 Å². The topological polar surface area (TPSA) is 157 Å². The Balaban J connectivity index is 0.919. The average Bonchev–Trinajstić information content (AvgIpc) is 3.79. The minimum atomic E-state index is -0.398. The first-order valence-electron chi connectivity index (χ1n) is 23.7. The highest BCUT2D eigenvalue weighted by molar-refractivity contribution is 6.06. The Morgan fingerprint density at radius 1 is 0.970 bits per heavy atom. The van der Waals surface area contributed by atoms with Crippen molar-refractivity contribution in [2.45, 2.75) is 111 Å². The van der Waals surface area contributed by atoms with E-state index in [2.05, 4.69) is 102 Å². The zero-order chi connectivity index (χ0) is 47.5. The second-order valence-electron chi connectivity index (χ2n) is 20.8. The molecule has 0 spiro atoms. The first-order valence-corrected chi connectivity index (χ1v) is 23.7. The fourth-order valence-electron chi connectivity index (χ4n) is 10.9. The maximum absolute atomic E-state index is 14.1. The number of hydrogen-bond acceptors (Lipinski definition) is 11. The van der Waals surface area contributed by atoms with Crippen molar-refractivity contribution in [3.63, 3.8) is 0 Å².